The van der Waals surface area contributed by atoms with Gasteiger partial charge in [-0.2, -0.15) is 8.42 Å². The van der Waals surface area contributed by atoms with E-state index in [0.29, 0.717) is 12.0 Å². The fourth-order valence-corrected chi connectivity index (χ4v) is 4.31. The normalized spacial score (nSPS) is 11.8. The van der Waals surface area contributed by atoms with E-state index in [4.69, 9.17) is 0 Å². The third-order valence-electron chi connectivity index (χ3n) is 5.17. The van der Waals surface area contributed by atoms with Gasteiger partial charge >= 0.3 is 0 Å². The molecule has 0 spiro atoms. The molecule has 0 radical (unpaired) electrons. The van der Waals surface area contributed by atoms with Gasteiger partial charge in [-0.1, -0.05) is 96.5 Å². The number of hydrogen-bond donors (Lipinski definition) is 2. The molecule has 0 aliphatic rings. The monoisotopic (exact) mass is 398 g/mol. The molecular formula is C22H38O4S. The first-order valence-corrected chi connectivity index (χ1v) is 12.2. The fourth-order valence-electron chi connectivity index (χ4n) is 3.54. The summed E-state index contributed by atoms with van der Waals surface area (Å²) in [7, 11) is -4.29. The Morgan fingerprint density at radius 1 is 0.741 bits per heavy atom. The maximum atomic E-state index is 11.4. The third kappa shape index (κ3) is 10.7. The standard InChI is InChI=1S/C22H38O4S/c1-2-3-4-5-6-7-8-9-10-11-12-13-14-15-17-20-21(23)18-16-19-22(20)27(24,25)26/h16,18-19,23H,2-15,17H2,1H3,(H,24,25,26). The van der Waals surface area contributed by atoms with Gasteiger partial charge in [0.2, 0.25) is 0 Å². The van der Waals surface area contributed by atoms with Crippen LogP contribution < -0.4 is 0 Å². The van der Waals surface area contributed by atoms with Gasteiger partial charge in [0.15, 0.2) is 0 Å². The molecule has 1 aromatic rings. The van der Waals surface area contributed by atoms with E-state index in [1.54, 1.807) is 0 Å². The molecule has 1 rings (SSSR count). The minimum absolute atomic E-state index is 0.0557. The Balaban J connectivity index is 2.06. The van der Waals surface area contributed by atoms with E-state index in [1.165, 1.54) is 88.8 Å². The van der Waals surface area contributed by atoms with Crippen LogP contribution in [-0.2, 0) is 16.5 Å². The Morgan fingerprint density at radius 2 is 1.19 bits per heavy atom. The predicted octanol–water partition coefficient (Wildman–Crippen LogP) is 6.66. The minimum atomic E-state index is -4.29. The molecule has 0 unspecified atom stereocenters. The maximum absolute atomic E-state index is 11.4. The quantitative estimate of drug-likeness (QED) is 0.241. The lowest BCUT2D eigenvalue weighted by atomic mass is 10.0. The third-order valence-corrected chi connectivity index (χ3v) is 6.10. The van der Waals surface area contributed by atoms with Crippen LogP contribution in [0.4, 0.5) is 0 Å². The topological polar surface area (TPSA) is 74.6 Å². The smallest absolute Gasteiger partial charge is 0.294 e. The van der Waals surface area contributed by atoms with Gasteiger partial charge in [-0.15, -0.1) is 0 Å². The molecule has 0 amide bonds. The largest absolute Gasteiger partial charge is 0.508 e. The van der Waals surface area contributed by atoms with Crippen molar-refractivity contribution in [3.63, 3.8) is 0 Å². The van der Waals surface area contributed by atoms with Gasteiger partial charge in [-0.05, 0) is 25.0 Å². The summed E-state index contributed by atoms with van der Waals surface area (Å²) in [5.41, 5.74) is 0.332. The zero-order chi connectivity index (χ0) is 20.0. The highest BCUT2D eigenvalue weighted by atomic mass is 32.2. The molecule has 5 heteroatoms. The summed E-state index contributed by atoms with van der Waals surface area (Å²) < 4.78 is 32.1. The number of phenols is 1. The van der Waals surface area contributed by atoms with E-state index >= 15 is 0 Å². The van der Waals surface area contributed by atoms with Crippen molar-refractivity contribution in [1.82, 2.24) is 0 Å². The van der Waals surface area contributed by atoms with Crippen LogP contribution in [0.2, 0.25) is 0 Å². The van der Waals surface area contributed by atoms with E-state index in [2.05, 4.69) is 6.92 Å². The van der Waals surface area contributed by atoms with Crippen LogP contribution in [0.3, 0.4) is 0 Å². The SMILES string of the molecule is CCCCCCCCCCCCCCCCc1c(O)cccc1S(=O)(=O)O. The first-order chi connectivity index (χ1) is 13.0. The highest BCUT2D eigenvalue weighted by Gasteiger charge is 2.17. The van der Waals surface area contributed by atoms with E-state index < -0.39 is 10.1 Å². The molecule has 0 atom stereocenters. The van der Waals surface area contributed by atoms with Crippen molar-refractivity contribution < 1.29 is 18.1 Å². The summed E-state index contributed by atoms with van der Waals surface area (Å²) in [6, 6.07) is 4.25. The lowest BCUT2D eigenvalue weighted by Gasteiger charge is -2.09. The Bertz CT molecular complexity index is 611. The van der Waals surface area contributed by atoms with Gasteiger partial charge in [-0.3, -0.25) is 4.55 Å². The van der Waals surface area contributed by atoms with E-state index in [1.807, 2.05) is 0 Å². The highest BCUT2D eigenvalue weighted by Crippen LogP contribution is 2.27. The van der Waals surface area contributed by atoms with E-state index in [9.17, 15) is 18.1 Å². The van der Waals surface area contributed by atoms with Gasteiger partial charge in [0, 0.05) is 5.56 Å². The Hall–Kier alpha value is -1.07. The highest BCUT2D eigenvalue weighted by molar-refractivity contribution is 7.85. The molecule has 0 aliphatic heterocycles. The van der Waals surface area contributed by atoms with Crippen LogP contribution in [0.25, 0.3) is 0 Å². The van der Waals surface area contributed by atoms with Gasteiger partial charge in [0.1, 0.15) is 10.6 Å². The van der Waals surface area contributed by atoms with Gasteiger partial charge in [0.25, 0.3) is 10.1 Å². The summed E-state index contributed by atoms with van der Waals surface area (Å²) in [5.74, 6) is -0.0557. The number of hydrogen-bond acceptors (Lipinski definition) is 3. The van der Waals surface area contributed by atoms with Crippen molar-refractivity contribution in [1.29, 1.82) is 0 Å². The molecule has 0 aromatic heterocycles. The average molecular weight is 399 g/mol. The van der Waals surface area contributed by atoms with Crippen molar-refractivity contribution in [2.24, 2.45) is 0 Å². The summed E-state index contributed by atoms with van der Waals surface area (Å²) in [6.45, 7) is 2.25. The van der Waals surface area contributed by atoms with Gasteiger partial charge in [-0.25, -0.2) is 0 Å². The molecule has 4 nitrogen and oxygen atoms in total. The minimum Gasteiger partial charge on any atom is -0.508 e. The lowest BCUT2D eigenvalue weighted by molar-refractivity contribution is 0.455. The molecule has 0 heterocycles. The maximum Gasteiger partial charge on any atom is 0.294 e. The molecule has 27 heavy (non-hydrogen) atoms. The zero-order valence-electron chi connectivity index (χ0n) is 17.0. The van der Waals surface area contributed by atoms with Crippen LogP contribution in [0, 0.1) is 0 Å². The van der Waals surface area contributed by atoms with Crippen LogP contribution in [0.5, 0.6) is 5.75 Å². The van der Waals surface area contributed by atoms with Crippen molar-refractivity contribution in [3.05, 3.63) is 23.8 Å². The van der Waals surface area contributed by atoms with Crippen LogP contribution in [0.15, 0.2) is 23.1 Å². The van der Waals surface area contributed by atoms with Crippen molar-refractivity contribution in [2.75, 3.05) is 0 Å². The predicted molar refractivity (Wildman–Crippen MR) is 112 cm³/mol. The second-order valence-electron chi connectivity index (χ2n) is 7.58. The molecule has 156 valence electrons. The molecule has 2 N–H and O–H groups in total. The number of phenolic OH excluding ortho intramolecular Hbond substituents is 1. The Morgan fingerprint density at radius 3 is 1.63 bits per heavy atom. The van der Waals surface area contributed by atoms with Crippen molar-refractivity contribution in [3.8, 4) is 5.75 Å². The Kier molecular flexibility index (Phi) is 12.4. The zero-order valence-corrected chi connectivity index (χ0v) is 17.8. The summed E-state index contributed by atoms with van der Waals surface area (Å²) in [6.07, 6.45) is 18.1. The summed E-state index contributed by atoms with van der Waals surface area (Å²) in [4.78, 5) is -0.169. The summed E-state index contributed by atoms with van der Waals surface area (Å²) >= 11 is 0. The second-order valence-corrected chi connectivity index (χ2v) is 8.97. The van der Waals surface area contributed by atoms with Crippen molar-refractivity contribution >= 4 is 10.1 Å². The first kappa shape index (κ1) is 24.0. The molecule has 0 fully saturated rings. The van der Waals surface area contributed by atoms with E-state index in [0.717, 1.165) is 19.3 Å². The number of aromatic hydroxyl groups is 1. The van der Waals surface area contributed by atoms with E-state index in [-0.39, 0.29) is 10.6 Å². The molecule has 0 saturated heterocycles. The fraction of sp³-hybridized carbons (Fsp3) is 0.727. The summed E-state index contributed by atoms with van der Waals surface area (Å²) in [5, 5.41) is 9.88. The number of rotatable bonds is 16. The molecule has 0 saturated carbocycles. The molecule has 0 aliphatic carbocycles. The lowest BCUT2D eigenvalue weighted by Crippen LogP contribution is -2.03. The first-order valence-electron chi connectivity index (χ1n) is 10.7. The van der Waals surface area contributed by atoms with Crippen LogP contribution >= 0.6 is 0 Å². The molecular weight excluding hydrogens is 360 g/mol. The number of benzene rings is 1. The van der Waals surface area contributed by atoms with Crippen LogP contribution in [0.1, 0.15) is 102 Å². The molecule has 1 aromatic carbocycles. The van der Waals surface area contributed by atoms with Gasteiger partial charge in [0.05, 0.1) is 0 Å². The van der Waals surface area contributed by atoms with Crippen molar-refractivity contribution in [2.45, 2.75) is 108 Å². The molecule has 0 bridgehead atoms. The second kappa shape index (κ2) is 14.0. The number of unbranched alkanes of at least 4 members (excludes halogenated alkanes) is 13. The van der Waals surface area contributed by atoms with Crippen LogP contribution in [-0.4, -0.2) is 18.1 Å². The van der Waals surface area contributed by atoms with Gasteiger partial charge < -0.3 is 5.11 Å². The average Bonchev–Trinajstić information content (AvgIpc) is 2.62. The Labute approximate surface area is 166 Å².